The van der Waals surface area contributed by atoms with Gasteiger partial charge in [-0.2, -0.15) is 10.2 Å². The zero-order valence-electron chi connectivity index (χ0n) is 15.6. The number of carboxylic acid groups (broad SMARTS) is 1. The second-order valence-electron chi connectivity index (χ2n) is 6.03. The van der Waals surface area contributed by atoms with Crippen LogP contribution in [0, 0.1) is 0 Å². The van der Waals surface area contributed by atoms with Crippen LogP contribution in [0.5, 0.6) is 5.75 Å². The van der Waals surface area contributed by atoms with Crippen LogP contribution in [-0.2, 0) is 7.05 Å². The van der Waals surface area contributed by atoms with Crippen molar-refractivity contribution in [2.24, 2.45) is 12.1 Å². The number of aryl methyl sites for hydroxylation is 1. The van der Waals surface area contributed by atoms with Gasteiger partial charge in [-0.25, -0.2) is 4.79 Å². The Morgan fingerprint density at radius 1 is 1.27 bits per heavy atom. The minimum atomic E-state index is -1.01. The molecule has 30 heavy (non-hydrogen) atoms. The van der Waals surface area contributed by atoms with Crippen LogP contribution in [0.3, 0.4) is 0 Å². The lowest BCUT2D eigenvalue weighted by molar-refractivity contribution is 0.0702. The van der Waals surface area contributed by atoms with Gasteiger partial charge in [-0.15, -0.1) is 11.3 Å². The zero-order valence-corrected chi connectivity index (χ0v) is 18.7. The first-order valence-electron chi connectivity index (χ1n) is 8.33. The van der Waals surface area contributed by atoms with Gasteiger partial charge in [0.1, 0.15) is 10.6 Å². The Hall–Kier alpha value is -2.66. The van der Waals surface area contributed by atoms with Gasteiger partial charge in [-0.1, -0.05) is 29.3 Å². The number of aromatic carboxylic acids is 1. The summed E-state index contributed by atoms with van der Waals surface area (Å²) in [7, 11) is 1.69. The number of thiophene rings is 1. The van der Waals surface area contributed by atoms with Crippen LogP contribution in [0.2, 0.25) is 10.0 Å². The number of halogens is 2. The molecule has 0 radical (unpaired) electrons. The summed E-state index contributed by atoms with van der Waals surface area (Å²) >= 11 is 18.2. The first kappa shape index (κ1) is 22.0. The quantitative estimate of drug-likeness (QED) is 0.239. The standard InChI is InChI=1S/C18H15Cl2N5O3S2/c1-8(22-23-18(29)21-13-6-5-12(30-13)17(27)28)14-16(26)15(25(2)24-14)9-3-4-10(19)11(20)7-9/h3-7,26H,1-2H3,(H,27,28)(H2,21,23,29)/b22-8-. The van der Waals surface area contributed by atoms with Gasteiger partial charge in [0.05, 0.1) is 20.8 Å². The van der Waals surface area contributed by atoms with Crippen LogP contribution in [0.25, 0.3) is 11.3 Å². The largest absolute Gasteiger partial charge is 0.504 e. The number of thiocarbonyl (C=S) groups is 1. The van der Waals surface area contributed by atoms with E-state index in [2.05, 4.69) is 20.9 Å². The predicted octanol–water partition coefficient (Wildman–Crippen LogP) is 4.57. The van der Waals surface area contributed by atoms with Crippen molar-refractivity contribution < 1.29 is 15.0 Å². The molecular formula is C18H15Cl2N5O3S2. The predicted molar refractivity (Wildman–Crippen MR) is 123 cm³/mol. The maximum absolute atomic E-state index is 10.9. The van der Waals surface area contributed by atoms with Gasteiger partial charge in [-0.05, 0) is 43.4 Å². The van der Waals surface area contributed by atoms with Crippen molar-refractivity contribution in [3.8, 4) is 17.0 Å². The van der Waals surface area contributed by atoms with Crippen LogP contribution >= 0.6 is 46.8 Å². The molecule has 0 unspecified atom stereocenters. The second kappa shape index (κ2) is 9.00. The topological polar surface area (TPSA) is 112 Å². The Bertz CT molecular complexity index is 1170. The number of nitrogens with one attached hydrogen (secondary N) is 2. The molecule has 0 saturated carbocycles. The van der Waals surface area contributed by atoms with Crippen LogP contribution in [0.4, 0.5) is 5.00 Å². The van der Waals surface area contributed by atoms with E-state index in [4.69, 9.17) is 40.5 Å². The van der Waals surface area contributed by atoms with Crippen molar-refractivity contribution in [2.45, 2.75) is 6.92 Å². The minimum absolute atomic E-state index is 0.0674. The molecule has 0 atom stereocenters. The van der Waals surface area contributed by atoms with Crippen LogP contribution in [0.1, 0.15) is 22.3 Å². The number of rotatable bonds is 5. The molecule has 0 saturated heterocycles. The smallest absolute Gasteiger partial charge is 0.345 e. The number of carboxylic acids is 1. The normalized spacial score (nSPS) is 11.4. The van der Waals surface area contributed by atoms with Crippen molar-refractivity contribution in [1.29, 1.82) is 0 Å². The summed E-state index contributed by atoms with van der Waals surface area (Å²) in [4.78, 5) is 11.1. The summed E-state index contributed by atoms with van der Waals surface area (Å²) in [6.07, 6.45) is 0. The average molecular weight is 484 g/mol. The molecule has 0 aliphatic heterocycles. The van der Waals surface area contributed by atoms with Crippen molar-refractivity contribution in [3.63, 3.8) is 0 Å². The first-order chi connectivity index (χ1) is 14.2. The van der Waals surface area contributed by atoms with Crippen LogP contribution < -0.4 is 10.7 Å². The zero-order chi connectivity index (χ0) is 22.0. The maximum Gasteiger partial charge on any atom is 0.345 e. The van der Waals surface area contributed by atoms with E-state index in [0.29, 0.717) is 32.0 Å². The molecule has 4 N–H and O–H groups in total. The first-order valence-corrected chi connectivity index (χ1v) is 10.3. The maximum atomic E-state index is 10.9. The fourth-order valence-electron chi connectivity index (χ4n) is 2.57. The number of benzene rings is 1. The third-order valence-electron chi connectivity index (χ3n) is 3.94. The van der Waals surface area contributed by atoms with E-state index in [1.54, 1.807) is 38.2 Å². The molecule has 0 bridgehead atoms. The molecule has 3 aromatic rings. The molecule has 2 heterocycles. The van der Waals surface area contributed by atoms with Gasteiger partial charge in [0, 0.05) is 12.6 Å². The SMILES string of the molecule is C/C(=N/NC(=S)Nc1ccc(C(=O)O)s1)c1nn(C)c(-c2ccc(Cl)c(Cl)c2)c1O. The van der Waals surface area contributed by atoms with Crippen LogP contribution in [-0.4, -0.2) is 36.8 Å². The van der Waals surface area contributed by atoms with Gasteiger partial charge < -0.3 is 15.5 Å². The highest BCUT2D eigenvalue weighted by atomic mass is 35.5. The molecule has 0 aliphatic carbocycles. The molecule has 12 heteroatoms. The Kier molecular flexibility index (Phi) is 6.61. The van der Waals surface area contributed by atoms with E-state index in [0.717, 1.165) is 11.3 Å². The Balaban J connectivity index is 1.76. The van der Waals surface area contributed by atoms with Gasteiger partial charge in [0.25, 0.3) is 0 Å². The van der Waals surface area contributed by atoms with Crippen molar-refractivity contribution in [2.75, 3.05) is 5.32 Å². The summed E-state index contributed by atoms with van der Waals surface area (Å²) in [5.74, 6) is -1.08. The van der Waals surface area contributed by atoms with Crippen LogP contribution in [0.15, 0.2) is 35.4 Å². The van der Waals surface area contributed by atoms with E-state index in [9.17, 15) is 9.90 Å². The Morgan fingerprint density at radius 3 is 2.63 bits per heavy atom. The van der Waals surface area contributed by atoms with Crippen molar-refractivity contribution >= 4 is 68.6 Å². The molecular weight excluding hydrogens is 469 g/mol. The highest BCUT2D eigenvalue weighted by Crippen LogP contribution is 2.35. The molecule has 2 aromatic heterocycles. The molecule has 0 aliphatic rings. The lowest BCUT2D eigenvalue weighted by Crippen LogP contribution is -2.24. The van der Waals surface area contributed by atoms with E-state index < -0.39 is 5.97 Å². The minimum Gasteiger partial charge on any atom is -0.504 e. The Labute approximate surface area is 190 Å². The van der Waals surface area contributed by atoms with Gasteiger partial charge >= 0.3 is 5.97 Å². The fraction of sp³-hybridized carbons (Fsp3) is 0.111. The van der Waals surface area contributed by atoms with E-state index >= 15 is 0 Å². The summed E-state index contributed by atoms with van der Waals surface area (Å²) in [6, 6.07) is 8.08. The third-order valence-corrected chi connectivity index (χ3v) is 5.86. The molecule has 0 fully saturated rings. The Morgan fingerprint density at radius 2 is 2.00 bits per heavy atom. The monoisotopic (exact) mass is 483 g/mol. The summed E-state index contributed by atoms with van der Waals surface area (Å²) < 4.78 is 1.51. The molecule has 0 spiro atoms. The number of anilines is 1. The number of hydrazone groups is 1. The van der Waals surface area contributed by atoms with Crippen molar-refractivity contribution in [1.82, 2.24) is 15.2 Å². The van der Waals surface area contributed by atoms with Crippen molar-refractivity contribution in [3.05, 3.63) is 50.9 Å². The van der Waals surface area contributed by atoms with Gasteiger partial charge in [0.2, 0.25) is 0 Å². The highest BCUT2D eigenvalue weighted by molar-refractivity contribution is 7.80. The second-order valence-corrected chi connectivity index (χ2v) is 8.34. The number of aromatic hydroxyl groups is 1. The highest BCUT2D eigenvalue weighted by Gasteiger charge is 2.20. The molecule has 8 nitrogen and oxygen atoms in total. The summed E-state index contributed by atoms with van der Waals surface area (Å²) in [5.41, 5.74) is 4.40. The summed E-state index contributed by atoms with van der Waals surface area (Å²) in [5, 5.41) is 32.4. The number of hydrogen-bond acceptors (Lipinski definition) is 6. The fourth-order valence-corrected chi connectivity index (χ4v) is 3.84. The third kappa shape index (κ3) is 4.73. The number of nitrogens with zero attached hydrogens (tertiary/aromatic N) is 3. The molecule has 1 aromatic carbocycles. The average Bonchev–Trinajstić information content (AvgIpc) is 3.26. The molecule has 3 rings (SSSR count). The molecule has 0 amide bonds. The number of aromatic nitrogens is 2. The van der Waals surface area contributed by atoms with E-state index in [1.807, 2.05) is 0 Å². The lowest BCUT2D eigenvalue weighted by Gasteiger charge is -2.05. The van der Waals surface area contributed by atoms with E-state index in [1.165, 1.54) is 10.7 Å². The number of hydrogen-bond donors (Lipinski definition) is 4. The molecule has 156 valence electrons. The van der Waals surface area contributed by atoms with E-state index in [-0.39, 0.29) is 21.4 Å². The van der Waals surface area contributed by atoms with Gasteiger partial charge in [0.15, 0.2) is 16.6 Å². The number of carbonyl (C=O) groups is 1. The lowest BCUT2D eigenvalue weighted by atomic mass is 10.1. The van der Waals surface area contributed by atoms with Gasteiger partial charge in [-0.3, -0.25) is 10.1 Å². The summed E-state index contributed by atoms with van der Waals surface area (Å²) in [6.45, 7) is 1.66.